The number of fused-ring (bicyclic) bond motifs is 1. The predicted octanol–water partition coefficient (Wildman–Crippen LogP) is 3.09. The minimum Gasteiger partial charge on any atom is -0.481 e. The number of aryl methyl sites for hydroxylation is 1. The van der Waals surface area contributed by atoms with Crippen LogP contribution in [0, 0.1) is 6.92 Å². The molecular formula is C15H12BrN3O2. The molecule has 0 aliphatic rings. The number of aromatic nitrogens is 3. The molecule has 0 atom stereocenters. The minimum absolute atomic E-state index is 0.0963. The minimum atomic E-state index is -0.890. The Morgan fingerprint density at radius 1 is 1.48 bits per heavy atom. The van der Waals surface area contributed by atoms with Crippen LogP contribution in [0.15, 0.2) is 41.3 Å². The van der Waals surface area contributed by atoms with Crippen LogP contribution >= 0.6 is 15.9 Å². The van der Waals surface area contributed by atoms with Gasteiger partial charge in [-0.1, -0.05) is 0 Å². The van der Waals surface area contributed by atoms with Crippen molar-refractivity contribution >= 4 is 27.5 Å². The largest absolute Gasteiger partial charge is 0.481 e. The Balaban J connectivity index is 2.30. The van der Waals surface area contributed by atoms with Gasteiger partial charge in [0.05, 0.1) is 17.8 Å². The maximum atomic E-state index is 11.2. The molecule has 1 N–H and O–H groups in total. The molecule has 6 heteroatoms. The molecule has 0 fully saturated rings. The highest BCUT2D eigenvalue weighted by Gasteiger charge is 2.17. The van der Waals surface area contributed by atoms with Crippen LogP contribution in [0.3, 0.4) is 0 Å². The number of hydrogen-bond acceptors (Lipinski definition) is 3. The van der Waals surface area contributed by atoms with E-state index in [9.17, 15) is 9.90 Å². The number of carbonyl (C=O) groups is 1. The monoisotopic (exact) mass is 345 g/mol. The lowest BCUT2D eigenvalue weighted by atomic mass is 10.1. The van der Waals surface area contributed by atoms with E-state index >= 15 is 0 Å². The van der Waals surface area contributed by atoms with Gasteiger partial charge in [-0.2, -0.15) is 0 Å². The fraction of sp³-hybridized carbons (Fsp3) is 0.133. The summed E-state index contributed by atoms with van der Waals surface area (Å²) < 4.78 is 2.73. The van der Waals surface area contributed by atoms with Crippen molar-refractivity contribution in [3.05, 3.63) is 52.5 Å². The second kappa shape index (κ2) is 5.29. The molecule has 3 aromatic rings. The Labute approximate surface area is 129 Å². The van der Waals surface area contributed by atoms with E-state index in [-0.39, 0.29) is 6.42 Å². The van der Waals surface area contributed by atoms with Crippen LogP contribution in [-0.4, -0.2) is 25.4 Å². The summed E-state index contributed by atoms with van der Waals surface area (Å²) in [6, 6.07) is 5.61. The third-order valence-corrected chi connectivity index (χ3v) is 4.09. The van der Waals surface area contributed by atoms with Gasteiger partial charge in [0.15, 0.2) is 0 Å². The summed E-state index contributed by atoms with van der Waals surface area (Å²) in [6.07, 6.45) is 5.13. The van der Waals surface area contributed by atoms with Gasteiger partial charge in [0, 0.05) is 28.6 Å². The summed E-state index contributed by atoms with van der Waals surface area (Å²) in [6.45, 7) is 1.97. The average Bonchev–Trinajstić information content (AvgIpc) is 2.78. The van der Waals surface area contributed by atoms with Crippen molar-refractivity contribution in [1.29, 1.82) is 0 Å². The molecule has 106 valence electrons. The first-order valence-electron chi connectivity index (χ1n) is 6.35. The lowest BCUT2D eigenvalue weighted by Gasteiger charge is -2.04. The second-order valence-electron chi connectivity index (χ2n) is 4.75. The van der Waals surface area contributed by atoms with Crippen LogP contribution < -0.4 is 0 Å². The second-order valence-corrected chi connectivity index (χ2v) is 5.61. The van der Waals surface area contributed by atoms with Crippen molar-refractivity contribution in [1.82, 2.24) is 14.4 Å². The zero-order valence-electron chi connectivity index (χ0n) is 11.2. The Morgan fingerprint density at radius 2 is 2.29 bits per heavy atom. The Bertz CT molecular complexity index is 828. The number of carboxylic acid groups (broad SMARTS) is 1. The maximum absolute atomic E-state index is 11.2. The maximum Gasteiger partial charge on any atom is 0.309 e. The van der Waals surface area contributed by atoms with E-state index in [1.165, 1.54) is 0 Å². The van der Waals surface area contributed by atoms with E-state index in [2.05, 4.69) is 25.9 Å². The highest BCUT2D eigenvalue weighted by molar-refractivity contribution is 9.10. The number of aliphatic carboxylic acids is 1. The van der Waals surface area contributed by atoms with Gasteiger partial charge in [0.1, 0.15) is 5.65 Å². The number of pyridine rings is 2. The fourth-order valence-electron chi connectivity index (χ4n) is 2.26. The molecule has 0 spiro atoms. The topological polar surface area (TPSA) is 67.5 Å². The lowest BCUT2D eigenvalue weighted by molar-refractivity contribution is -0.136. The summed E-state index contributed by atoms with van der Waals surface area (Å²) in [5.74, 6) is -0.890. The predicted molar refractivity (Wildman–Crippen MR) is 82.2 cm³/mol. The molecule has 0 radical (unpaired) electrons. The van der Waals surface area contributed by atoms with E-state index in [4.69, 9.17) is 0 Å². The number of hydrogen-bond donors (Lipinski definition) is 1. The summed E-state index contributed by atoms with van der Waals surface area (Å²) in [4.78, 5) is 19.8. The normalized spacial score (nSPS) is 11.0. The van der Waals surface area contributed by atoms with E-state index in [1.807, 2.05) is 35.7 Å². The van der Waals surface area contributed by atoms with Crippen molar-refractivity contribution in [3.8, 4) is 11.3 Å². The van der Waals surface area contributed by atoms with Crippen LogP contribution in [0.25, 0.3) is 16.9 Å². The first kappa shape index (κ1) is 13.8. The fourth-order valence-corrected chi connectivity index (χ4v) is 2.57. The highest BCUT2D eigenvalue weighted by Crippen LogP contribution is 2.27. The first-order chi connectivity index (χ1) is 10.1. The SMILES string of the molecule is Cc1cc2nc(-c3cccnc3)c(CC(=O)O)n2cc1Br. The number of rotatable bonds is 3. The van der Waals surface area contributed by atoms with Gasteiger partial charge in [0.2, 0.25) is 0 Å². The molecule has 0 bridgehead atoms. The van der Waals surface area contributed by atoms with Gasteiger partial charge in [-0.3, -0.25) is 9.78 Å². The van der Waals surface area contributed by atoms with E-state index in [1.54, 1.807) is 12.4 Å². The van der Waals surface area contributed by atoms with Gasteiger partial charge >= 0.3 is 5.97 Å². The van der Waals surface area contributed by atoms with Gasteiger partial charge in [-0.15, -0.1) is 0 Å². The summed E-state index contributed by atoms with van der Waals surface area (Å²) >= 11 is 3.47. The zero-order valence-corrected chi connectivity index (χ0v) is 12.8. The van der Waals surface area contributed by atoms with Crippen molar-refractivity contribution < 1.29 is 9.90 Å². The van der Waals surface area contributed by atoms with Gasteiger partial charge < -0.3 is 9.51 Å². The molecule has 3 heterocycles. The molecule has 3 rings (SSSR count). The Morgan fingerprint density at radius 3 is 2.95 bits per heavy atom. The van der Waals surface area contributed by atoms with E-state index in [0.717, 1.165) is 21.2 Å². The Kier molecular flexibility index (Phi) is 3.47. The average molecular weight is 346 g/mol. The van der Waals surface area contributed by atoms with Crippen molar-refractivity contribution in [2.45, 2.75) is 13.3 Å². The molecule has 0 amide bonds. The van der Waals surface area contributed by atoms with Crippen molar-refractivity contribution in [3.63, 3.8) is 0 Å². The zero-order chi connectivity index (χ0) is 15.0. The molecule has 3 aromatic heterocycles. The molecule has 0 saturated carbocycles. The summed E-state index contributed by atoms with van der Waals surface area (Å²) in [5.41, 5.74) is 3.89. The first-order valence-corrected chi connectivity index (χ1v) is 7.15. The van der Waals surface area contributed by atoms with Crippen LogP contribution in [0.4, 0.5) is 0 Å². The molecular weight excluding hydrogens is 334 g/mol. The van der Waals surface area contributed by atoms with Gasteiger partial charge in [0.25, 0.3) is 0 Å². The molecule has 0 aliphatic carbocycles. The molecule has 0 aliphatic heterocycles. The third-order valence-electron chi connectivity index (χ3n) is 3.26. The molecule has 0 aromatic carbocycles. The number of imidazole rings is 1. The quantitative estimate of drug-likeness (QED) is 0.791. The number of carboxylic acids is 1. The van der Waals surface area contributed by atoms with Crippen molar-refractivity contribution in [2.75, 3.05) is 0 Å². The lowest BCUT2D eigenvalue weighted by Crippen LogP contribution is -2.05. The Hall–Kier alpha value is -2.21. The standard InChI is InChI=1S/C15H12BrN3O2/c1-9-5-13-18-15(10-3-2-4-17-7-10)12(6-14(20)21)19(13)8-11(9)16/h2-5,7-8H,6H2,1H3,(H,20,21). The summed E-state index contributed by atoms with van der Waals surface area (Å²) in [5, 5.41) is 9.17. The number of nitrogens with zero attached hydrogens (tertiary/aromatic N) is 3. The molecule has 21 heavy (non-hydrogen) atoms. The molecule has 0 unspecified atom stereocenters. The van der Waals surface area contributed by atoms with Crippen LogP contribution in [0.5, 0.6) is 0 Å². The van der Waals surface area contributed by atoms with Gasteiger partial charge in [-0.05, 0) is 46.6 Å². The van der Waals surface area contributed by atoms with E-state index < -0.39 is 5.97 Å². The van der Waals surface area contributed by atoms with Crippen LogP contribution in [0.2, 0.25) is 0 Å². The summed E-state index contributed by atoms with van der Waals surface area (Å²) in [7, 11) is 0. The van der Waals surface area contributed by atoms with E-state index in [0.29, 0.717) is 11.4 Å². The highest BCUT2D eigenvalue weighted by atomic mass is 79.9. The van der Waals surface area contributed by atoms with Crippen LogP contribution in [0.1, 0.15) is 11.3 Å². The number of halogens is 1. The molecule has 0 saturated heterocycles. The van der Waals surface area contributed by atoms with Crippen molar-refractivity contribution in [2.24, 2.45) is 0 Å². The smallest absolute Gasteiger partial charge is 0.309 e. The molecule has 5 nitrogen and oxygen atoms in total. The van der Waals surface area contributed by atoms with Crippen LogP contribution in [-0.2, 0) is 11.2 Å². The third kappa shape index (κ3) is 2.54. The van der Waals surface area contributed by atoms with Gasteiger partial charge in [-0.25, -0.2) is 4.98 Å².